The van der Waals surface area contributed by atoms with Crippen LogP contribution in [0.2, 0.25) is 0 Å². The summed E-state index contributed by atoms with van der Waals surface area (Å²) in [6.07, 6.45) is 4.22. The molecule has 3 aliphatic heterocycles. The predicted molar refractivity (Wildman–Crippen MR) is 514 cm³/mol. The number of phenolic OH excluding ortho intramolecular Hbond substituents is 1. The van der Waals surface area contributed by atoms with E-state index in [0.29, 0.717) is 69.5 Å². The number of likely N-dealkylation sites (N-methyl/N-ethyl adjacent to an activating group) is 3. The molecule has 0 saturated carbocycles. The largest absolute Gasteiger partial charge is 0.508 e. The van der Waals surface area contributed by atoms with Gasteiger partial charge in [-0.05, 0) is 119 Å². The van der Waals surface area contributed by atoms with E-state index in [0.717, 1.165) is 19.6 Å². The van der Waals surface area contributed by atoms with Crippen molar-refractivity contribution >= 4 is 152 Å². The molecule has 15 amide bonds. The molecule has 3 saturated heterocycles. The summed E-state index contributed by atoms with van der Waals surface area (Å²) in [6, 6.07) is -0.894. The summed E-state index contributed by atoms with van der Waals surface area (Å²) >= 11 is 0.674. The van der Waals surface area contributed by atoms with E-state index in [1.807, 2.05) is 13.0 Å². The lowest BCUT2D eigenvalue weighted by Gasteiger charge is -2.36. The summed E-state index contributed by atoms with van der Waals surface area (Å²) < 4.78 is 0. The fourth-order valence-corrected chi connectivity index (χ4v) is 18.3. The molecule has 140 heavy (non-hydrogen) atoms. The first-order valence-corrected chi connectivity index (χ1v) is 48.1. The number of aromatic nitrogens is 4. The van der Waals surface area contributed by atoms with Gasteiger partial charge in [0.1, 0.15) is 78.3 Å². The number of carboxylic acids is 2. The molecule has 6 heterocycles. The van der Waals surface area contributed by atoms with Crippen molar-refractivity contribution in [3.8, 4) is 5.75 Å². The van der Waals surface area contributed by atoms with Crippen molar-refractivity contribution in [3.05, 3.63) is 120 Å². The van der Waals surface area contributed by atoms with Crippen LogP contribution in [0.25, 0.3) is 21.8 Å². The maximum atomic E-state index is 16.0. The quantitative estimate of drug-likeness (QED) is 0.0157. The summed E-state index contributed by atoms with van der Waals surface area (Å²) in [5, 5.41) is 74.4. The number of carbonyl (C=O) groups excluding carboxylic acids is 16. The van der Waals surface area contributed by atoms with Gasteiger partial charge in [0.2, 0.25) is 88.6 Å². The van der Waals surface area contributed by atoms with E-state index in [1.165, 1.54) is 69.8 Å². The van der Waals surface area contributed by atoms with Gasteiger partial charge in [-0.1, -0.05) is 94.5 Å². The van der Waals surface area contributed by atoms with Gasteiger partial charge in [0.25, 0.3) is 0 Å². The summed E-state index contributed by atoms with van der Waals surface area (Å²) in [6.45, 7) is 3.85. The number of phenols is 1. The molecule has 46 heteroatoms. The van der Waals surface area contributed by atoms with Gasteiger partial charge in [-0.3, -0.25) is 97.1 Å². The summed E-state index contributed by atoms with van der Waals surface area (Å²) in [7, 11) is 3.80. The van der Waals surface area contributed by atoms with Gasteiger partial charge < -0.3 is 125 Å². The van der Waals surface area contributed by atoms with Crippen LogP contribution < -0.4 is 70.4 Å². The van der Waals surface area contributed by atoms with E-state index in [2.05, 4.69) is 73.1 Å². The SMILES string of the molecule is CCCC[C@H]1C(=O)N(C)[C@@H](CCCC)C(=O)N[C@@H](CC(=O)O)C(=O)N[C@H](C(=O)NCC(N)=O)CSCC(=O)N[C@@H](Cc2ccc(O)cc2)C(=O)N(C)[C@@H](C)C(=O)N[C@@H](CC(=O)O)C(=O)N2CCC[C@H]2C(=O)N[C@@H](Cc2c[nH]cn2)C(=O)N[C@@H](CCCNC(=N)N)C(=O)N2CCCC2C(=O)C[C@@H](Cc2c[nH]c3ccccc23)C(=O)N[C@@H](CCCCC(=N)N)C(=O)N[C@@H](Cc2c[nH]c3ccccc23)C(=O)N1C. The van der Waals surface area contributed by atoms with E-state index in [4.69, 9.17) is 28.0 Å². The van der Waals surface area contributed by atoms with Crippen LogP contribution in [0.4, 0.5) is 0 Å². The molecule has 0 radical (unpaired) electrons. The number of carboxylic acid groups (broad SMARTS) is 2. The van der Waals surface area contributed by atoms with Gasteiger partial charge >= 0.3 is 11.9 Å². The zero-order valence-electron chi connectivity index (χ0n) is 79.3. The monoisotopic (exact) mass is 1960 g/mol. The Balaban J connectivity index is 1.12. The molecule has 3 aromatic carbocycles. The van der Waals surface area contributed by atoms with E-state index < -0.39 is 234 Å². The summed E-state index contributed by atoms with van der Waals surface area (Å²) in [5.74, 6) is -21.6. The number of thioether (sulfide) groups is 1. The van der Waals surface area contributed by atoms with Crippen molar-refractivity contribution in [2.75, 3.05) is 58.8 Å². The van der Waals surface area contributed by atoms with E-state index in [9.17, 15) is 63.3 Å². The number of fused-ring (bicyclic) bond motifs is 4. The Labute approximate surface area is 812 Å². The second-order valence-electron chi connectivity index (χ2n) is 35.5. The first-order chi connectivity index (χ1) is 66.7. The molecule has 3 aromatic heterocycles. The third-order valence-corrected chi connectivity index (χ3v) is 26.3. The highest BCUT2D eigenvalue weighted by Gasteiger charge is 2.46. The molecular formula is C94H130N24O21S. The third kappa shape index (κ3) is 31.3. The van der Waals surface area contributed by atoms with Crippen molar-refractivity contribution in [1.29, 1.82) is 10.8 Å². The van der Waals surface area contributed by atoms with Crippen LogP contribution in [0.5, 0.6) is 5.75 Å². The minimum Gasteiger partial charge on any atom is -0.508 e. The summed E-state index contributed by atoms with van der Waals surface area (Å²) in [4.78, 5) is 283. The molecule has 14 atom stereocenters. The number of amides is 15. The number of nitrogens with one attached hydrogen (secondary N) is 15. The third-order valence-electron chi connectivity index (χ3n) is 25.2. The predicted octanol–water partition coefficient (Wildman–Crippen LogP) is -0.277. The number of guanidine groups is 1. The number of H-pyrrole nitrogens is 3. The van der Waals surface area contributed by atoms with Gasteiger partial charge in [-0.15, -0.1) is 11.8 Å². The van der Waals surface area contributed by atoms with Crippen molar-refractivity contribution in [3.63, 3.8) is 0 Å². The number of ketones is 1. The van der Waals surface area contributed by atoms with E-state index in [1.54, 1.807) is 61.8 Å². The lowest BCUT2D eigenvalue weighted by atomic mass is 9.90. The van der Waals surface area contributed by atoms with Crippen LogP contribution in [0.15, 0.2) is 97.7 Å². The maximum Gasteiger partial charge on any atom is 0.305 e. The second-order valence-corrected chi connectivity index (χ2v) is 36.6. The number of aromatic hydroxyl groups is 1. The average Bonchev–Trinajstić information content (AvgIpc) is 1.56. The molecule has 1 unspecified atom stereocenters. The molecule has 24 N–H and O–H groups in total. The van der Waals surface area contributed by atoms with Crippen molar-refractivity contribution in [1.82, 2.24) is 97.6 Å². The number of para-hydroxylation sites is 2. The van der Waals surface area contributed by atoms with Gasteiger partial charge in [0.05, 0.1) is 49.0 Å². The number of unbranched alkanes of at least 4 members (excludes halogenated alkanes) is 3. The van der Waals surface area contributed by atoms with Crippen LogP contribution in [-0.4, -0.2) is 315 Å². The zero-order valence-corrected chi connectivity index (χ0v) is 80.2. The van der Waals surface area contributed by atoms with Crippen molar-refractivity contribution in [2.45, 2.75) is 247 Å². The number of primary amides is 1. The fraction of sp³-hybridized carbons (Fsp3) is 0.521. The molecule has 0 spiro atoms. The highest BCUT2D eigenvalue weighted by molar-refractivity contribution is 8.00. The fourth-order valence-electron chi connectivity index (χ4n) is 17.5. The Morgan fingerprint density at radius 1 is 0.514 bits per heavy atom. The Bertz CT molecular complexity index is 5440. The minimum atomic E-state index is -2.03. The van der Waals surface area contributed by atoms with Gasteiger partial charge in [-0.2, -0.15) is 0 Å². The standard InChI is InChI=1S/C94H130N24O21S/c1-7-9-26-72-87(133)110-66(43-79(123)124)86(132)113-70(83(129)104-48-77(97)121)49-140-50-78(122)106-67(38-53-31-33-58(119)34-32-53)89(135)114(4)52(3)81(127)111-69(44-80(125)126)92(138)118-37-19-29-73(118)88(134)109-65(42-57-47-100-51-105-57)85(131)108-64(25-17-35-101-94(98)99)91(137)117-36-18-28-71(117)75(120)41-54(39-55-45-102-61-22-13-11-20-59(55)61)82(128)107-63(24-15-16-30-76(95)96)84(130)112-68(40-56-46-103-62-23-14-12-21-60(56)62)90(136)116(6)74(27-10-8-2)93(139)115(72)5/h11-14,20-23,31-34,45-47,51-52,54,63-74,102-103,119H,7-10,15-19,24-30,35-44,48-50H2,1-6H3,(H3,95,96)(H2,97,121)(H,100,105)(H,104,129)(H,106,122)(H,107,128)(H,108,131)(H,109,134)(H,110,133)(H,111,127)(H,112,130)(H,113,132)(H,123,124)(H,125,126)(H4,98,99,101)/t52-,54+,63-,64-,65-,66-,67-,68-,69-,70-,71?,72-,73-,74-/m0/s1. The molecule has 758 valence electrons. The van der Waals surface area contributed by atoms with Crippen LogP contribution >= 0.6 is 11.8 Å². The summed E-state index contributed by atoms with van der Waals surface area (Å²) in [5.41, 5.74) is 19.9. The number of hydrogen-bond donors (Lipinski definition) is 21. The molecule has 0 aliphatic carbocycles. The van der Waals surface area contributed by atoms with Gasteiger partial charge in [0, 0.05) is 125 Å². The first-order valence-electron chi connectivity index (χ1n) is 47.0. The second kappa shape index (κ2) is 52.9. The van der Waals surface area contributed by atoms with Crippen molar-refractivity contribution in [2.24, 2.45) is 23.1 Å². The van der Waals surface area contributed by atoms with Crippen LogP contribution in [-0.2, 0) is 112 Å². The van der Waals surface area contributed by atoms with Gasteiger partial charge in [-0.25, -0.2) is 4.98 Å². The number of aromatic amines is 3. The Kier molecular flexibility index (Phi) is 41.2. The highest BCUT2D eigenvalue weighted by atomic mass is 32.2. The number of imidazole rings is 1. The molecule has 3 fully saturated rings. The normalized spacial score (nSPS) is 23.7. The lowest BCUT2D eigenvalue weighted by molar-refractivity contribution is -0.149. The number of aliphatic carboxylic acids is 2. The number of benzene rings is 3. The molecule has 0 bridgehead atoms. The number of nitrogens with two attached hydrogens (primary N) is 3. The van der Waals surface area contributed by atoms with E-state index >= 15 is 38.4 Å². The number of carbonyl (C=O) groups is 18. The Morgan fingerprint density at radius 3 is 1.66 bits per heavy atom. The molecule has 3 aliphatic rings. The number of nitrogens with zero attached hydrogens (tertiary/aromatic N) is 6. The smallest absolute Gasteiger partial charge is 0.305 e. The number of hydrogen-bond acceptors (Lipinski definition) is 23. The number of Topliss-reactive ketones (excluding diaryl/α,β-unsaturated/α-hetero) is 1. The number of rotatable bonds is 30. The zero-order chi connectivity index (χ0) is 102. The maximum absolute atomic E-state index is 16.0. The van der Waals surface area contributed by atoms with E-state index in [-0.39, 0.29) is 146 Å². The van der Waals surface area contributed by atoms with Crippen LogP contribution in [0, 0.1) is 16.7 Å². The number of amidine groups is 1. The first kappa shape index (κ1) is 109. The van der Waals surface area contributed by atoms with Gasteiger partial charge in [0.15, 0.2) is 11.7 Å². The topological polar surface area (TPSA) is 690 Å². The Morgan fingerprint density at radius 2 is 1.05 bits per heavy atom. The average molecular weight is 1960 g/mol. The molecular weight excluding hydrogens is 1830 g/mol. The molecule has 9 rings (SSSR count). The molecule has 45 nitrogen and oxygen atoms in total. The highest BCUT2D eigenvalue weighted by Crippen LogP contribution is 2.30. The molecule has 6 aromatic rings. The minimum absolute atomic E-state index is 0.00930. The van der Waals surface area contributed by atoms with Crippen LogP contribution in [0.1, 0.15) is 165 Å². The lowest BCUT2D eigenvalue weighted by Crippen LogP contribution is -2.60. The van der Waals surface area contributed by atoms with Crippen LogP contribution in [0.3, 0.4) is 0 Å². The van der Waals surface area contributed by atoms with Crippen molar-refractivity contribution < 1.29 is 102 Å². The Hall–Kier alpha value is -14.5.